The fourth-order valence-electron chi connectivity index (χ4n) is 2.84. The van der Waals surface area contributed by atoms with E-state index in [2.05, 4.69) is 17.5 Å². The minimum atomic E-state index is -0.389. The van der Waals surface area contributed by atoms with E-state index in [1.165, 1.54) is 19.3 Å². The zero-order chi connectivity index (χ0) is 18.8. The minimum absolute atomic E-state index is 0.0778. The Kier molecular flexibility index (Phi) is 9.29. The van der Waals surface area contributed by atoms with Crippen molar-refractivity contribution < 1.29 is 19.7 Å². The largest absolute Gasteiger partial charge is 0.862 e. The van der Waals surface area contributed by atoms with E-state index >= 15 is 0 Å². The van der Waals surface area contributed by atoms with Crippen molar-refractivity contribution in [2.75, 3.05) is 31.5 Å². The lowest BCUT2D eigenvalue weighted by molar-refractivity contribution is -0.217. The van der Waals surface area contributed by atoms with E-state index in [9.17, 15) is 5.11 Å². The van der Waals surface area contributed by atoms with Crippen LogP contribution in [0.25, 0.3) is 0 Å². The molecule has 0 spiro atoms. The van der Waals surface area contributed by atoms with Crippen LogP contribution in [0, 0.1) is 0 Å². The second-order valence-electron chi connectivity index (χ2n) is 7.04. The second kappa shape index (κ2) is 11.5. The van der Waals surface area contributed by atoms with Gasteiger partial charge in [0, 0.05) is 6.42 Å². The Balaban J connectivity index is 1.70. The van der Waals surface area contributed by atoms with E-state index in [0.717, 1.165) is 18.6 Å². The number of nitrogens with zero attached hydrogens (tertiary/aromatic N) is 1. The third kappa shape index (κ3) is 8.43. The summed E-state index contributed by atoms with van der Waals surface area (Å²) in [5.41, 5.74) is 0.650. The second-order valence-corrected chi connectivity index (χ2v) is 9.42. The van der Waals surface area contributed by atoms with Crippen molar-refractivity contribution in [3.8, 4) is 5.75 Å². The fourth-order valence-corrected chi connectivity index (χ4v) is 3.42. The first kappa shape index (κ1) is 21.1. The molecule has 2 rings (SSSR count). The fraction of sp³-hybridized carbons (Fsp3) is 0.650. The van der Waals surface area contributed by atoms with Gasteiger partial charge in [-0.1, -0.05) is 19.3 Å². The van der Waals surface area contributed by atoms with Gasteiger partial charge in [-0.05, 0) is 53.9 Å². The maximum Gasteiger partial charge on any atom is 0.212 e. The third-order valence-corrected chi connectivity index (χ3v) is 5.37. The van der Waals surface area contributed by atoms with E-state index < -0.39 is 0 Å². The Bertz CT molecular complexity index is 541. The molecule has 0 amide bonds. The maximum atomic E-state index is 11.8. The van der Waals surface area contributed by atoms with Gasteiger partial charge in [-0.25, -0.2) is 0 Å². The van der Waals surface area contributed by atoms with E-state index in [-0.39, 0.29) is 22.9 Å². The van der Waals surface area contributed by atoms with Crippen LogP contribution in [0.1, 0.15) is 38.5 Å². The number of aliphatic imine (C=N–C) groups is 1. The van der Waals surface area contributed by atoms with Crippen LogP contribution in [0.3, 0.4) is 0 Å². The molecule has 1 saturated carbocycles. The molecule has 1 aliphatic rings. The molecule has 6 heteroatoms. The van der Waals surface area contributed by atoms with Crippen LogP contribution >= 0.6 is 0 Å². The highest BCUT2D eigenvalue weighted by molar-refractivity contribution is 7.95. The topological polar surface area (TPSA) is 76.8 Å². The van der Waals surface area contributed by atoms with Gasteiger partial charge < -0.3 is 19.7 Å². The van der Waals surface area contributed by atoms with Gasteiger partial charge in [-0.3, -0.25) is 4.99 Å². The molecule has 146 valence electrons. The van der Waals surface area contributed by atoms with Crippen molar-refractivity contribution >= 4 is 22.5 Å². The Labute approximate surface area is 159 Å². The molecule has 0 aliphatic heterocycles. The lowest BCUT2D eigenvalue weighted by atomic mass is 9.98. The quantitative estimate of drug-likeness (QED) is 0.353. The molecule has 26 heavy (non-hydrogen) atoms. The standard InChI is InChI=1S/C20H31NO4S/c1-26(2)13-12-20(23)21-16-8-10-19(11-9-16)25-15-17(22)14-24-18-6-4-3-5-7-18/h8-11,17-18,22H,3-7,12-15H2,1-2H3/p+1/t17-/m0/s1. The SMILES string of the molecule is C[S+](C)CCC([O-])=Nc1ccc(OC[C@@H]([OH2+])COC2CCCCC2)cc1. The first-order chi connectivity index (χ1) is 12.5. The van der Waals surface area contributed by atoms with E-state index in [1.807, 2.05) is 0 Å². The zero-order valence-electron chi connectivity index (χ0n) is 15.9. The number of benzene rings is 1. The van der Waals surface area contributed by atoms with Crippen LogP contribution in [0.15, 0.2) is 29.3 Å². The van der Waals surface area contributed by atoms with Crippen molar-refractivity contribution in [2.24, 2.45) is 4.99 Å². The molecule has 1 aromatic rings. The summed E-state index contributed by atoms with van der Waals surface area (Å²) in [6, 6.07) is 7.15. The summed E-state index contributed by atoms with van der Waals surface area (Å²) in [5.74, 6) is 1.50. The van der Waals surface area contributed by atoms with Crippen molar-refractivity contribution in [3.05, 3.63) is 24.3 Å². The zero-order valence-corrected chi connectivity index (χ0v) is 16.7. The Morgan fingerprint density at radius 3 is 2.54 bits per heavy atom. The average molecular weight is 383 g/mol. The van der Waals surface area contributed by atoms with Crippen molar-refractivity contribution in [1.29, 1.82) is 0 Å². The van der Waals surface area contributed by atoms with Gasteiger partial charge in [0.05, 0.1) is 24.3 Å². The molecule has 0 unspecified atom stereocenters. The molecule has 1 atom stereocenters. The number of rotatable bonds is 10. The molecular weight excluding hydrogens is 350 g/mol. The Morgan fingerprint density at radius 1 is 1.19 bits per heavy atom. The number of hydrogen-bond acceptors (Lipinski definition) is 4. The summed E-state index contributed by atoms with van der Waals surface area (Å²) in [7, 11) is 0.262. The summed E-state index contributed by atoms with van der Waals surface area (Å²) < 4.78 is 11.5. The first-order valence-electron chi connectivity index (χ1n) is 9.37. The van der Waals surface area contributed by atoms with Crippen molar-refractivity contribution in [2.45, 2.75) is 50.7 Å². The summed E-state index contributed by atoms with van der Waals surface area (Å²) in [6.07, 6.45) is 10.7. The van der Waals surface area contributed by atoms with Gasteiger partial charge in [-0.15, -0.1) is 0 Å². The molecule has 0 aromatic heterocycles. The van der Waals surface area contributed by atoms with Crippen LogP contribution in [0.4, 0.5) is 5.69 Å². The molecule has 0 heterocycles. The van der Waals surface area contributed by atoms with Crippen LogP contribution in [-0.4, -0.2) is 54.7 Å². The van der Waals surface area contributed by atoms with Crippen LogP contribution in [-0.2, 0) is 15.6 Å². The number of hydrogen-bond donors (Lipinski definition) is 0. The Morgan fingerprint density at radius 2 is 1.88 bits per heavy atom. The van der Waals surface area contributed by atoms with E-state index in [4.69, 9.17) is 14.6 Å². The van der Waals surface area contributed by atoms with Gasteiger partial charge in [0.25, 0.3) is 0 Å². The highest BCUT2D eigenvalue weighted by atomic mass is 32.2. The van der Waals surface area contributed by atoms with Crippen molar-refractivity contribution in [3.63, 3.8) is 0 Å². The molecule has 0 radical (unpaired) electrons. The molecule has 1 fully saturated rings. The molecule has 0 bridgehead atoms. The predicted octanol–water partition coefficient (Wildman–Crippen LogP) is 2.17. The molecule has 0 saturated heterocycles. The van der Waals surface area contributed by atoms with Gasteiger partial charge in [-0.2, -0.15) is 0 Å². The van der Waals surface area contributed by atoms with Crippen LogP contribution in [0.5, 0.6) is 5.75 Å². The molecule has 5 nitrogen and oxygen atoms in total. The van der Waals surface area contributed by atoms with Crippen LogP contribution < -0.4 is 9.84 Å². The molecular formula is C20H32NO4S+. The van der Waals surface area contributed by atoms with E-state index in [0.29, 0.717) is 37.2 Å². The maximum absolute atomic E-state index is 11.8. The lowest BCUT2D eigenvalue weighted by Gasteiger charge is -2.22. The van der Waals surface area contributed by atoms with E-state index in [1.54, 1.807) is 24.3 Å². The normalized spacial score (nSPS) is 17.5. The number of ether oxygens (including phenoxy) is 2. The average Bonchev–Trinajstić information content (AvgIpc) is 2.65. The minimum Gasteiger partial charge on any atom is -0.862 e. The van der Waals surface area contributed by atoms with Gasteiger partial charge in [0.2, 0.25) is 6.10 Å². The summed E-state index contributed by atoms with van der Waals surface area (Å²) in [6.45, 7) is 0.723. The Hall–Kier alpha value is -1.24. The molecule has 1 aromatic carbocycles. The first-order valence-corrected chi connectivity index (χ1v) is 11.6. The molecule has 1 aliphatic carbocycles. The summed E-state index contributed by atoms with van der Waals surface area (Å²) >= 11 is 0. The highest BCUT2D eigenvalue weighted by Crippen LogP contribution is 2.21. The smallest absolute Gasteiger partial charge is 0.212 e. The monoisotopic (exact) mass is 382 g/mol. The molecule has 2 N–H and O–H groups in total. The van der Waals surface area contributed by atoms with Crippen LogP contribution in [0.2, 0.25) is 0 Å². The highest BCUT2D eigenvalue weighted by Gasteiger charge is 2.17. The summed E-state index contributed by atoms with van der Waals surface area (Å²) in [5, 5.41) is 19.8. The predicted molar refractivity (Wildman–Crippen MR) is 108 cm³/mol. The van der Waals surface area contributed by atoms with Gasteiger partial charge >= 0.3 is 0 Å². The van der Waals surface area contributed by atoms with Gasteiger partial charge in [0.15, 0.2) is 6.61 Å². The third-order valence-electron chi connectivity index (χ3n) is 4.35. The van der Waals surface area contributed by atoms with Crippen molar-refractivity contribution in [1.82, 2.24) is 0 Å². The lowest BCUT2D eigenvalue weighted by Crippen LogP contribution is -2.27. The summed E-state index contributed by atoms with van der Waals surface area (Å²) in [4.78, 5) is 4.10. The van der Waals surface area contributed by atoms with Gasteiger partial charge in [0.1, 0.15) is 18.1 Å².